The molecule has 0 radical (unpaired) electrons. The normalized spacial score (nSPS) is 17.0. The Morgan fingerprint density at radius 3 is 2.69 bits per heavy atom. The fraction of sp³-hybridized carbons (Fsp3) is 0.0833. The van der Waals surface area contributed by atoms with Gasteiger partial charge in [0.1, 0.15) is 6.42 Å². The van der Waals surface area contributed by atoms with Crippen molar-refractivity contribution in [2.45, 2.75) is 6.42 Å². The molecule has 0 N–H and O–H groups in total. The smallest absolute Gasteiger partial charge is 0.271 e. The minimum absolute atomic E-state index is 0. The SMILES string of the molecule is Cl.O=C1C=CC2=C(C1)[N+](=O)c1ccccc12. The summed E-state index contributed by atoms with van der Waals surface area (Å²) in [5, 5.41) is 0. The molecule has 0 unspecified atom stereocenters. The third kappa shape index (κ3) is 1.32. The number of nitroso groups, excluding NO2 is 1. The molecule has 0 aromatic heterocycles. The molecule has 0 fully saturated rings. The van der Waals surface area contributed by atoms with Crippen LogP contribution in [0.1, 0.15) is 12.0 Å². The van der Waals surface area contributed by atoms with Crippen LogP contribution in [-0.2, 0) is 4.79 Å². The van der Waals surface area contributed by atoms with Crippen molar-refractivity contribution in [2.75, 3.05) is 0 Å². The molecule has 3 rings (SSSR count). The van der Waals surface area contributed by atoms with E-state index < -0.39 is 0 Å². The van der Waals surface area contributed by atoms with Crippen molar-refractivity contribution in [2.24, 2.45) is 0 Å². The van der Waals surface area contributed by atoms with Gasteiger partial charge in [-0.25, -0.2) is 0 Å². The Kier molecular flexibility index (Phi) is 2.48. The molecule has 1 aliphatic carbocycles. The molecule has 16 heavy (non-hydrogen) atoms. The van der Waals surface area contributed by atoms with Gasteiger partial charge in [0.15, 0.2) is 5.78 Å². The number of hydrogen-bond acceptors (Lipinski definition) is 2. The Balaban J connectivity index is 0.000000963. The van der Waals surface area contributed by atoms with Crippen molar-refractivity contribution in [1.82, 2.24) is 0 Å². The van der Waals surface area contributed by atoms with Crippen molar-refractivity contribution in [3.63, 3.8) is 0 Å². The molecular weight excluding hydrogens is 226 g/mol. The largest absolute Gasteiger partial charge is 0.294 e. The van der Waals surface area contributed by atoms with Gasteiger partial charge in [-0.15, -0.1) is 12.4 Å². The van der Waals surface area contributed by atoms with Crippen LogP contribution in [-0.4, -0.2) is 10.5 Å². The number of carbonyl (C=O) groups is 1. The molecule has 1 aliphatic heterocycles. The Morgan fingerprint density at radius 1 is 1.12 bits per heavy atom. The van der Waals surface area contributed by atoms with Gasteiger partial charge in [-0.05, 0) is 18.2 Å². The van der Waals surface area contributed by atoms with E-state index in [0.29, 0.717) is 11.4 Å². The van der Waals surface area contributed by atoms with Crippen molar-refractivity contribution < 1.29 is 9.55 Å². The monoisotopic (exact) mass is 234 g/mol. The van der Waals surface area contributed by atoms with E-state index in [2.05, 4.69) is 0 Å². The summed E-state index contributed by atoms with van der Waals surface area (Å²) in [5.74, 6) is -0.0117. The molecule has 1 aromatic rings. The summed E-state index contributed by atoms with van der Waals surface area (Å²) >= 11 is 0. The van der Waals surface area contributed by atoms with E-state index in [1.54, 1.807) is 12.1 Å². The van der Waals surface area contributed by atoms with Gasteiger partial charge in [-0.1, -0.05) is 12.1 Å². The minimum atomic E-state index is -0.0117. The number of halogens is 1. The topological polar surface area (TPSA) is 37.1 Å². The number of carbonyl (C=O) groups excluding carboxylic acids is 1. The minimum Gasteiger partial charge on any atom is -0.294 e. The first-order chi connectivity index (χ1) is 7.27. The predicted molar refractivity (Wildman–Crippen MR) is 62.7 cm³/mol. The molecule has 2 aliphatic rings. The highest BCUT2D eigenvalue weighted by Crippen LogP contribution is 2.41. The Bertz CT molecular complexity index is 558. The molecular formula is C12H9ClNO2+. The second-order valence-electron chi connectivity index (χ2n) is 3.65. The van der Waals surface area contributed by atoms with Crippen LogP contribution in [0.3, 0.4) is 0 Å². The molecule has 0 amide bonds. The molecule has 4 heteroatoms. The number of allylic oxidation sites excluding steroid dienone is 4. The van der Waals surface area contributed by atoms with E-state index in [0.717, 1.165) is 15.9 Å². The lowest BCUT2D eigenvalue weighted by atomic mass is 9.99. The predicted octanol–water partition coefficient (Wildman–Crippen LogP) is 2.77. The highest BCUT2D eigenvalue weighted by molar-refractivity contribution is 6.00. The third-order valence-electron chi connectivity index (χ3n) is 2.75. The van der Waals surface area contributed by atoms with E-state index >= 15 is 0 Å². The molecule has 0 saturated heterocycles. The maximum Gasteiger partial charge on any atom is 0.271 e. The van der Waals surface area contributed by atoms with E-state index in [1.807, 2.05) is 18.2 Å². The standard InChI is InChI=1S/C12H8NO2.ClH/c14-8-5-6-10-9-3-1-2-4-11(9)13(15)12(10)7-8;/h1-6H,7H2;1H/q+1;. The van der Waals surface area contributed by atoms with Crippen molar-refractivity contribution in [1.29, 1.82) is 0 Å². The molecule has 1 heterocycles. The van der Waals surface area contributed by atoms with E-state index in [1.165, 1.54) is 6.08 Å². The molecule has 0 bridgehead atoms. The van der Waals surface area contributed by atoms with Crippen LogP contribution in [0.2, 0.25) is 0 Å². The summed E-state index contributed by atoms with van der Waals surface area (Å²) in [6.45, 7) is 0. The van der Waals surface area contributed by atoms with E-state index in [4.69, 9.17) is 0 Å². The van der Waals surface area contributed by atoms with Gasteiger partial charge < -0.3 is 0 Å². The lowest BCUT2D eigenvalue weighted by Crippen LogP contribution is -2.06. The van der Waals surface area contributed by atoms with Crippen molar-refractivity contribution in [3.8, 4) is 0 Å². The zero-order valence-electron chi connectivity index (χ0n) is 8.34. The molecule has 0 saturated carbocycles. The van der Waals surface area contributed by atoms with Crippen molar-refractivity contribution in [3.05, 3.63) is 52.6 Å². The summed E-state index contributed by atoms with van der Waals surface area (Å²) in [5.41, 5.74) is 3.03. The van der Waals surface area contributed by atoms with Gasteiger partial charge >= 0.3 is 0 Å². The summed E-state index contributed by atoms with van der Waals surface area (Å²) in [4.78, 5) is 23.1. The highest BCUT2D eigenvalue weighted by atomic mass is 35.5. The first-order valence-corrected chi connectivity index (χ1v) is 4.78. The lowest BCUT2D eigenvalue weighted by Gasteiger charge is -1.98. The van der Waals surface area contributed by atoms with Gasteiger partial charge in [-0.3, -0.25) is 4.79 Å². The number of hydrogen-bond donors (Lipinski definition) is 0. The van der Waals surface area contributed by atoms with Gasteiger partial charge in [0.2, 0.25) is 0 Å². The van der Waals surface area contributed by atoms with Gasteiger partial charge in [0, 0.05) is 11.0 Å². The summed E-state index contributed by atoms with van der Waals surface area (Å²) < 4.78 is 0.867. The number of ketones is 1. The van der Waals surface area contributed by atoms with Gasteiger partial charge in [0.25, 0.3) is 11.4 Å². The summed E-state index contributed by atoms with van der Waals surface area (Å²) in [7, 11) is 0. The van der Waals surface area contributed by atoms with E-state index in [-0.39, 0.29) is 24.6 Å². The van der Waals surface area contributed by atoms with Crippen LogP contribution >= 0.6 is 12.4 Å². The van der Waals surface area contributed by atoms with Crippen molar-refractivity contribution >= 4 is 29.5 Å². The second kappa shape index (κ2) is 3.68. The van der Waals surface area contributed by atoms with Gasteiger partial charge in [-0.2, -0.15) is 0 Å². The maximum absolute atomic E-state index is 11.8. The maximum atomic E-state index is 11.8. The first kappa shape index (κ1) is 10.8. The highest BCUT2D eigenvalue weighted by Gasteiger charge is 2.39. The average Bonchev–Trinajstić information content (AvgIpc) is 2.54. The molecule has 3 nitrogen and oxygen atoms in total. The average molecular weight is 235 g/mol. The first-order valence-electron chi connectivity index (χ1n) is 4.78. The summed E-state index contributed by atoms with van der Waals surface area (Å²) in [6.07, 6.45) is 3.48. The van der Waals surface area contributed by atoms with Crippen LogP contribution in [0.25, 0.3) is 5.57 Å². The number of para-hydroxylation sites is 1. The number of nitrogens with zero attached hydrogens (tertiary/aromatic N) is 1. The van der Waals surface area contributed by atoms with E-state index in [9.17, 15) is 9.70 Å². The van der Waals surface area contributed by atoms with Crippen LogP contribution in [0.15, 0.2) is 42.1 Å². The Hall–Kier alpha value is -1.74. The number of rotatable bonds is 0. The molecule has 0 atom stereocenters. The Labute approximate surface area is 98.4 Å². The zero-order valence-corrected chi connectivity index (χ0v) is 9.16. The second-order valence-corrected chi connectivity index (χ2v) is 3.65. The lowest BCUT2D eigenvalue weighted by molar-refractivity contribution is -0.403. The number of benzene rings is 1. The van der Waals surface area contributed by atoms with Crippen LogP contribution < -0.4 is 0 Å². The summed E-state index contributed by atoms with van der Waals surface area (Å²) in [6, 6.07) is 7.41. The molecule has 1 aromatic carbocycles. The fourth-order valence-electron chi connectivity index (χ4n) is 2.04. The Morgan fingerprint density at radius 2 is 1.88 bits per heavy atom. The van der Waals surface area contributed by atoms with Crippen LogP contribution in [0, 0.1) is 4.91 Å². The van der Waals surface area contributed by atoms with Crippen LogP contribution in [0.4, 0.5) is 5.69 Å². The van der Waals surface area contributed by atoms with Gasteiger partial charge in [0.05, 0.1) is 15.9 Å². The fourth-order valence-corrected chi connectivity index (χ4v) is 2.04. The third-order valence-corrected chi connectivity index (χ3v) is 2.75. The molecule has 0 spiro atoms. The number of fused-ring (bicyclic) bond motifs is 2. The zero-order chi connectivity index (χ0) is 10.4. The van der Waals surface area contributed by atoms with Crippen LogP contribution in [0.5, 0.6) is 0 Å². The quantitative estimate of drug-likeness (QED) is 0.648. The molecule has 80 valence electrons.